The number of hydrogen-bond donors (Lipinski definition) is 0. The van der Waals surface area contributed by atoms with Gasteiger partial charge in [-0.15, -0.1) is 10.2 Å². The molecule has 1 aromatic carbocycles. The van der Waals surface area contributed by atoms with Gasteiger partial charge in [0.2, 0.25) is 15.2 Å². The van der Waals surface area contributed by atoms with Gasteiger partial charge in [0, 0.05) is 37.1 Å². The Labute approximate surface area is 169 Å². The lowest BCUT2D eigenvalue weighted by molar-refractivity contribution is 0.384. The first-order valence-electron chi connectivity index (χ1n) is 9.38. The van der Waals surface area contributed by atoms with Gasteiger partial charge in [-0.05, 0) is 37.1 Å². The van der Waals surface area contributed by atoms with Gasteiger partial charge in [-0.25, -0.2) is 8.42 Å². The molecule has 2 aromatic rings. The van der Waals surface area contributed by atoms with Crippen LogP contribution in [-0.4, -0.2) is 49.1 Å². The summed E-state index contributed by atoms with van der Waals surface area (Å²) >= 11 is 7.54. The lowest BCUT2D eigenvalue weighted by Crippen LogP contribution is -2.48. The summed E-state index contributed by atoms with van der Waals surface area (Å²) in [5, 5.41) is 11.4. The highest BCUT2D eigenvalue weighted by Gasteiger charge is 2.30. The van der Waals surface area contributed by atoms with Crippen molar-refractivity contribution in [2.45, 2.75) is 42.9 Å². The number of sulfonamides is 1. The molecule has 1 saturated carbocycles. The smallest absolute Gasteiger partial charge is 0.243 e. The van der Waals surface area contributed by atoms with Crippen LogP contribution in [0, 0.1) is 0 Å². The number of rotatable bonds is 4. The van der Waals surface area contributed by atoms with E-state index in [4.69, 9.17) is 11.6 Å². The third-order valence-corrected chi connectivity index (χ3v) is 8.66. The fourth-order valence-corrected chi connectivity index (χ4v) is 6.36. The van der Waals surface area contributed by atoms with Gasteiger partial charge < -0.3 is 4.90 Å². The molecule has 146 valence electrons. The molecule has 0 bridgehead atoms. The third-order valence-electron chi connectivity index (χ3n) is 5.34. The van der Waals surface area contributed by atoms with Crippen LogP contribution in [0.15, 0.2) is 29.2 Å². The zero-order chi connectivity index (χ0) is 18.9. The summed E-state index contributed by atoms with van der Waals surface area (Å²) < 4.78 is 27.1. The number of piperazine rings is 1. The van der Waals surface area contributed by atoms with Crippen LogP contribution in [0.25, 0.3) is 0 Å². The summed E-state index contributed by atoms with van der Waals surface area (Å²) in [6, 6.07) is 6.34. The number of benzene rings is 1. The molecule has 1 aliphatic carbocycles. The standard InChI is InChI=1S/C18H23ClN4O2S2/c19-15-6-8-16(9-7-15)27(24,25)23-12-10-22(11-13-23)18-21-20-17(26-18)14-4-2-1-3-5-14/h6-9,14H,1-5,10-13H2. The highest BCUT2D eigenvalue weighted by Crippen LogP contribution is 2.36. The van der Waals surface area contributed by atoms with Crippen LogP contribution >= 0.6 is 22.9 Å². The molecule has 0 radical (unpaired) electrons. The van der Waals surface area contributed by atoms with E-state index in [0.29, 0.717) is 37.1 Å². The molecule has 0 atom stereocenters. The van der Waals surface area contributed by atoms with E-state index in [9.17, 15) is 8.42 Å². The second kappa shape index (κ2) is 8.03. The number of halogens is 1. The van der Waals surface area contributed by atoms with E-state index in [-0.39, 0.29) is 4.90 Å². The van der Waals surface area contributed by atoms with Gasteiger partial charge in [-0.3, -0.25) is 0 Å². The van der Waals surface area contributed by atoms with Crippen molar-refractivity contribution in [1.82, 2.24) is 14.5 Å². The van der Waals surface area contributed by atoms with Crippen molar-refractivity contribution in [2.75, 3.05) is 31.1 Å². The Balaban J connectivity index is 1.40. The van der Waals surface area contributed by atoms with Gasteiger partial charge in [-0.2, -0.15) is 4.31 Å². The summed E-state index contributed by atoms with van der Waals surface area (Å²) in [6.45, 7) is 2.16. The molecular weight excluding hydrogens is 404 g/mol. The summed E-state index contributed by atoms with van der Waals surface area (Å²) in [7, 11) is -3.48. The zero-order valence-electron chi connectivity index (χ0n) is 15.1. The molecule has 1 aromatic heterocycles. The van der Waals surface area contributed by atoms with Gasteiger partial charge in [0.15, 0.2) is 0 Å². The van der Waals surface area contributed by atoms with Crippen LogP contribution < -0.4 is 4.90 Å². The van der Waals surface area contributed by atoms with Gasteiger partial charge in [0.05, 0.1) is 4.90 Å². The Hall–Kier alpha value is -1.22. The first kappa shape index (κ1) is 19.1. The van der Waals surface area contributed by atoms with Crippen LogP contribution in [0.4, 0.5) is 5.13 Å². The Bertz CT molecular complexity index is 871. The summed E-state index contributed by atoms with van der Waals surface area (Å²) in [4.78, 5) is 2.44. The third kappa shape index (κ3) is 4.13. The molecule has 0 unspecified atom stereocenters. The van der Waals surface area contributed by atoms with Crippen molar-refractivity contribution < 1.29 is 8.42 Å². The second-order valence-corrected chi connectivity index (χ2v) is 10.5. The first-order chi connectivity index (χ1) is 13.0. The summed E-state index contributed by atoms with van der Waals surface area (Å²) in [5.74, 6) is 0.552. The van der Waals surface area contributed by atoms with Gasteiger partial charge in [0.25, 0.3) is 0 Å². The number of aromatic nitrogens is 2. The highest BCUT2D eigenvalue weighted by molar-refractivity contribution is 7.89. The predicted molar refractivity (Wildman–Crippen MR) is 108 cm³/mol. The minimum absolute atomic E-state index is 0.288. The van der Waals surface area contributed by atoms with Crippen LogP contribution in [-0.2, 0) is 10.0 Å². The maximum atomic E-state index is 12.8. The second-order valence-electron chi connectivity index (χ2n) is 7.10. The lowest BCUT2D eigenvalue weighted by Gasteiger charge is -2.33. The summed E-state index contributed by atoms with van der Waals surface area (Å²) in [5.41, 5.74) is 0. The van der Waals surface area contributed by atoms with Crippen LogP contribution in [0.5, 0.6) is 0 Å². The van der Waals surface area contributed by atoms with Gasteiger partial charge in [-0.1, -0.05) is 42.2 Å². The van der Waals surface area contributed by atoms with Crippen molar-refractivity contribution >= 4 is 38.1 Å². The monoisotopic (exact) mass is 426 g/mol. The minimum atomic E-state index is -3.48. The van der Waals surface area contributed by atoms with E-state index in [1.807, 2.05) is 0 Å². The van der Waals surface area contributed by atoms with Crippen molar-refractivity contribution in [3.63, 3.8) is 0 Å². The molecule has 2 aliphatic rings. The Morgan fingerprint density at radius 3 is 2.30 bits per heavy atom. The van der Waals surface area contributed by atoms with Crippen LogP contribution in [0.1, 0.15) is 43.0 Å². The molecule has 4 rings (SSSR count). The normalized spacial score (nSPS) is 20.1. The molecular formula is C18H23ClN4O2S2. The van der Waals surface area contributed by atoms with Crippen LogP contribution in [0.2, 0.25) is 5.02 Å². The Kier molecular flexibility index (Phi) is 5.68. The maximum Gasteiger partial charge on any atom is 0.243 e. The number of nitrogens with zero attached hydrogens (tertiary/aromatic N) is 4. The molecule has 2 heterocycles. The van der Waals surface area contributed by atoms with E-state index in [1.54, 1.807) is 35.6 Å². The zero-order valence-corrected chi connectivity index (χ0v) is 17.4. The van der Waals surface area contributed by atoms with Gasteiger partial charge >= 0.3 is 0 Å². The van der Waals surface area contributed by atoms with E-state index in [2.05, 4.69) is 15.1 Å². The molecule has 27 heavy (non-hydrogen) atoms. The SMILES string of the molecule is O=S(=O)(c1ccc(Cl)cc1)N1CCN(c2nnc(C3CCCCC3)s2)CC1. The fourth-order valence-electron chi connectivity index (χ4n) is 3.74. The number of hydrogen-bond acceptors (Lipinski definition) is 6. The van der Waals surface area contributed by atoms with Crippen molar-refractivity contribution in [3.8, 4) is 0 Å². The molecule has 9 heteroatoms. The Morgan fingerprint density at radius 2 is 1.63 bits per heavy atom. The molecule has 1 saturated heterocycles. The molecule has 0 N–H and O–H groups in total. The average molecular weight is 427 g/mol. The topological polar surface area (TPSA) is 66.4 Å². The quantitative estimate of drug-likeness (QED) is 0.744. The van der Waals surface area contributed by atoms with Crippen molar-refractivity contribution in [1.29, 1.82) is 0 Å². The van der Waals surface area contributed by atoms with Crippen molar-refractivity contribution in [3.05, 3.63) is 34.3 Å². The lowest BCUT2D eigenvalue weighted by atomic mass is 9.90. The minimum Gasteiger partial charge on any atom is -0.344 e. The van der Waals surface area contributed by atoms with E-state index < -0.39 is 10.0 Å². The predicted octanol–water partition coefficient (Wildman–Crippen LogP) is 3.75. The fraction of sp³-hybridized carbons (Fsp3) is 0.556. The largest absolute Gasteiger partial charge is 0.344 e. The Morgan fingerprint density at radius 1 is 0.963 bits per heavy atom. The highest BCUT2D eigenvalue weighted by atomic mass is 35.5. The van der Waals surface area contributed by atoms with Crippen molar-refractivity contribution in [2.24, 2.45) is 0 Å². The maximum absolute atomic E-state index is 12.8. The van der Waals surface area contributed by atoms with Crippen LogP contribution in [0.3, 0.4) is 0 Å². The van der Waals surface area contributed by atoms with E-state index in [0.717, 1.165) is 10.1 Å². The molecule has 0 amide bonds. The summed E-state index contributed by atoms with van der Waals surface area (Å²) in [6.07, 6.45) is 6.30. The molecule has 6 nitrogen and oxygen atoms in total. The first-order valence-corrected chi connectivity index (χ1v) is 12.0. The van der Waals surface area contributed by atoms with E-state index >= 15 is 0 Å². The van der Waals surface area contributed by atoms with Gasteiger partial charge in [0.1, 0.15) is 5.01 Å². The molecule has 2 fully saturated rings. The average Bonchev–Trinajstić information content (AvgIpc) is 3.19. The van der Waals surface area contributed by atoms with E-state index in [1.165, 1.54) is 36.4 Å². The molecule has 1 aliphatic heterocycles. The number of anilines is 1. The molecule has 0 spiro atoms.